The summed E-state index contributed by atoms with van der Waals surface area (Å²) in [6.45, 7) is 7.06. The summed E-state index contributed by atoms with van der Waals surface area (Å²) < 4.78 is 0. The molecule has 0 bridgehead atoms. The van der Waals surface area contributed by atoms with Crippen molar-refractivity contribution in [2.45, 2.75) is 91.1 Å². The number of hydrogen-bond donors (Lipinski definition) is 2. The van der Waals surface area contributed by atoms with Crippen molar-refractivity contribution in [2.24, 2.45) is 46.3 Å². The van der Waals surface area contributed by atoms with Crippen LogP contribution < -0.4 is 0 Å². The standard InChI is InChI=1S/C24H38O4/c1-14(4-7-21(27)28)17-5-6-18-22-19(9-11-24(17,18)3)23(2)10-8-16(25)12-15(23)13-20(22)26/h14-19,22,25H,4-13H2,1-3H3,(H,27,28)/t14?,15?,16-,17?,18?,19?,22?,23+,24?/m1/s1. The highest BCUT2D eigenvalue weighted by atomic mass is 16.4. The van der Waals surface area contributed by atoms with Crippen molar-refractivity contribution < 1.29 is 19.8 Å². The van der Waals surface area contributed by atoms with Crippen LogP contribution in [0.4, 0.5) is 0 Å². The van der Waals surface area contributed by atoms with Crippen LogP contribution in [-0.2, 0) is 9.59 Å². The number of fused-ring (bicyclic) bond motifs is 5. The lowest BCUT2D eigenvalue weighted by Gasteiger charge is -2.60. The monoisotopic (exact) mass is 390 g/mol. The quantitative estimate of drug-likeness (QED) is 0.730. The average molecular weight is 391 g/mol. The van der Waals surface area contributed by atoms with E-state index in [1.807, 2.05) is 0 Å². The van der Waals surface area contributed by atoms with Gasteiger partial charge in [-0.05, 0) is 91.8 Å². The van der Waals surface area contributed by atoms with Gasteiger partial charge in [-0.3, -0.25) is 9.59 Å². The molecule has 4 saturated carbocycles. The number of carboxylic acids is 1. The van der Waals surface area contributed by atoms with E-state index in [-0.39, 0.29) is 29.3 Å². The Balaban J connectivity index is 1.56. The molecule has 0 heterocycles. The lowest BCUT2D eigenvalue weighted by Crippen LogP contribution is -2.57. The van der Waals surface area contributed by atoms with Crippen molar-refractivity contribution in [2.75, 3.05) is 0 Å². The fourth-order valence-electron chi connectivity index (χ4n) is 8.44. The predicted octanol–water partition coefficient (Wildman–Crippen LogP) is 4.69. The van der Waals surface area contributed by atoms with Crippen LogP contribution in [0.1, 0.15) is 85.0 Å². The molecule has 0 aromatic carbocycles. The zero-order valence-corrected chi connectivity index (χ0v) is 17.8. The molecule has 4 aliphatic carbocycles. The Labute approximate surface area is 169 Å². The summed E-state index contributed by atoms with van der Waals surface area (Å²) in [6.07, 6.45) is 8.81. The molecule has 28 heavy (non-hydrogen) atoms. The summed E-state index contributed by atoms with van der Waals surface area (Å²) >= 11 is 0. The SMILES string of the molecule is CC(CCC(=O)O)C1CCC2C3C(=O)CC4C[C@H](O)CC[C@]4(C)C3CCC12C. The lowest BCUT2D eigenvalue weighted by molar-refractivity contribution is -0.160. The summed E-state index contributed by atoms with van der Waals surface area (Å²) in [5.74, 6) is 2.25. The number of carboxylic acid groups (broad SMARTS) is 1. The molecule has 2 N–H and O–H groups in total. The number of rotatable bonds is 4. The normalized spacial score (nSPS) is 49.1. The van der Waals surface area contributed by atoms with Gasteiger partial charge in [0.2, 0.25) is 0 Å². The van der Waals surface area contributed by atoms with E-state index >= 15 is 0 Å². The maximum Gasteiger partial charge on any atom is 0.303 e. The van der Waals surface area contributed by atoms with Crippen LogP contribution in [-0.4, -0.2) is 28.1 Å². The van der Waals surface area contributed by atoms with E-state index in [2.05, 4.69) is 20.8 Å². The summed E-state index contributed by atoms with van der Waals surface area (Å²) in [6, 6.07) is 0. The van der Waals surface area contributed by atoms with Gasteiger partial charge in [-0.1, -0.05) is 20.8 Å². The third-order valence-electron chi connectivity index (χ3n) is 10.0. The molecule has 0 aromatic rings. The molecule has 4 aliphatic rings. The number of aliphatic hydroxyl groups is 1. The highest BCUT2D eigenvalue weighted by molar-refractivity contribution is 5.83. The highest BCUT2D eigenvalue weighted by Crippen LogP contribution is 2.67. The second-order valence-corrected chi connectivity index (χ2v) is 11.2. The van der Waals surface area contributed by atoms with E-state index in [9.17, 15) is 14.7 Å². The highest BCUT2D eigenvalue weighted by Gasteiger charge is 2.62. The number of carbonyl (C=O) groups is 2. The molecule has 158 valence electrons. The molecule has 0 aliphatic heterocycles. The van der Waals surface area contributed by atoms with Crippen molar-refractivity contribution >= 4 is 11.8 Å². The molecule has 4 heteroatoms. The Bertz CT molecular complexity index is 645. The summed E-state index contributed by atoms with van der Waals surface area (Å²) in [7, 11) is 0. The third kappa shape index (κ3) is 3.05. The molecule has 0 saturated heterocycles. The van der Waals surface area contributed by atoms with Crippen LogP contribution in [0.5, 0.6) is 0 Å². The second-order valence-electron chi connectivity index (χ2n) is 11.2. The summed E-state index contributed by atoms with van der Waals surface area (Å²) in [4.78, 5) is 24.4. The lowest BCUT2D eigenvalue weighted by atomic mass is 9.44. The van der Waals surface area contributed by atoms with Gasteiger partial charge in [-0.2, -0.15) is 0 Å². The van der Waals surface area contributed by atoms with E-state index in [1.54, 1.807) is 0 Å². The Morgan fingerprint density at radius 2 is 1.79 bits per heavy atom. The minimum Gasteiger partial charge on any atom is -0.481 e. The first-order chi connectivity index (χ1) is 13.2. The average Bonchev–Trinajstić information content (AvgIpc) is 2.98. The molecule has 0 amide bonds. The van der Waals surface area contributed by atoms with Crippen LogP contribution in [0.25, 0.3) is 0 Å². The van der Waals surface area contributed by atoms with Crippen LogP contribution >= 0.6 is 0 Å². The molecule has 4 rings (SSSR count). The predicted molar refractivity (Wildman–Crippen MR) is 108 cm³/mol. The number of hydrogen-bond acceptors (Lipinski definition) is 3. The van der Waals surface area contributed by atoms with E-state index in [0.29, 0.717) is 41.8 Å². The molecule has 4 nitrogen and oxygen atoms in total. The minimum absolute atomic E-state index is 0.187. The first-order valence-electron chi connectivity index (χ1n) is 11.6. The first kappa shape index (κ1) is 20.4. The zero-order chi connectivity index (χ0) is 20.3. The van der Waals surface area contributed by atoms with Crippen molar-refractivity contribution in [3.63, 3.8) is 0 Å². The van der Waals surface area contributed by atoms with Crippen molar-refractivity contribution in [3.05, 3.63) is 0 Å². The number of Topliss-reactive ketones (excluding diaryl/α,β-unsaturated/α-hetero) is 1. The van der Waals surface area contributed by atoms with E-state index < -0.39 is 5.97 Å². The molecular weight excluding hydrogens is 352 g/mol. The molecule has 7 unspecified atom stereocenters. The second kappa shape index (κ2) is 7.11. The molecule has 0 spiro atoms. The fraction of sp³-hybridized carbons (Fsp3) is 0.917. The smallest absolute Gasteiger partial charge is 0.303 e. The van der Waals surface area contributed by atoms with Crippen LogP contribution in [0.3, 0.4) is 0 Å². The number of ketones is 1. The Morgan fingerprint density at radius 3 is 2.50 bits per heavy atom. The van der Waals surface area contributed by atoms with Crippen LogP contribution in [0, 0.1) is 46.3 Å². The number of aliphatic hydroxyl groups excluding tert-OH is 1. The van der Waals surface area contributed by atoms with Gasteiger partial charge in [-0.15, -0.1) is 0 Å². The topological polar surface area (TPSA) is 74.6 Å². The van der Waals surface area contributed by atoms with Gasteiger partial charge in [-0.25, -0.2) is 0 Å². The van der Waals surface area contributed by atoms with E-state index in [1.165, 1.54) is 6.42 Å². The molecular formula is C24H38O4. The first-order valence-corrected chi connectivity index (χ1v) is 11.6. The fourth-order valence-corrected chi connectivity index (χ4v) is 8.44. The van der Waals surface area contributed by atoms with E-state index in [0.717, 1.165) is 44.9 Å². The van der Waals surface area contributed by atoms with Gasteiger partial charge >= 0.3 is 5.97 Å². The van der Waals surface area contributed by atoms with E-state index in [4.69, 9.17) is 5.11 Å². The van der Waals surface area contributed by atoms with Crippen molar-refractivity contribution in [3.8, 4) is 0 Å². The van der Waals surface area contributed by atoms with Crippen molar-refractivity contribution in [1.29, 1.82) is 0 Å². The maximum atomic E-state index is 13.3. The van der Waals surface area contributed by atoms with Gasteiger partial charge in [0.05, 0.1) is 6.10 Å². The summed E-state index contributed by atoms with van der Waals surface area (Å²) in [5.41, 5.74) is 0.401. The Hall–Kier alpha value is -0.900. The Morgan fingerprint density at radius 1 is 1.11 bits per heavy atom. The van der Waals surface area contributed by atoms with Gasteiger partial charge in [0.15, 0.2) is 0 Å². The molecule has 0 aromatic heterocycles. The van der Waals surface area contributed by atoms with Crippen LogP contribution in [0.2, 0.25) is 0 Å². The molecule has 9 atom stereocenters. The van der Waals surface area contributed by atoms with Crippen molar-refractivity contribution in [1.82, 2.24) is 0 Å². The zero-order valence-electron chi connectivity index (χ0n) is 17.8. The Kier molecular flexibility index (Phi) is 5.17. The third-order valence-corrected chi connectivity index (χ3v) is 10.0. The minimum atomic E-state index is -0.698. The van der Waals surface area contributed by atoms with Gasteiger partial charge in [0.1, 0.15) is 5.78 Å². The van der Waals surface area contributed by atoms with Gasteiger partial charge < -0.3 is 10.2 Å². The van der Waals surface area contributed by atoms with Crippen LogP contribution in [0.15, 0.2) is 0 Å². The largest absolute Gasteiger partial charge is 0.481 e. The molecule has 4 fully saturated rings. The molecule has 0 radical (unpaired) electrons. The number of aliphatic carboxylic acids is 1. The van der Waals surface area contributed by atoms with Gasteiger partial charge in [0.25, 0.3) is 0 Å². The number of carbonyl (C=O) groups excluding carboxylic acids is 1. The maximum absolute atomic E-state index is 13.3. The van der Waals surface area contributed by atoms with Gasteiger partial charge in [0, 0.05) is 18.8 Å². The summed E-state index contributed by atoms with van der Waals surface area (Å²) in [5, 5.41) is 19.3.